The maximum atomic E-state index is 13.1. The number of carboxylic acid groups (broad SMARTS) is 1. The Morgan fingerprint density at radius 1 is 1.21 bits per heavy atom. The lowest BCUT2D eigenvalue weighted by Gasteiger charge is -2.41. The van der Waals surface area contributed by atoms with Gasteiger partial charge in [0.2, 0.25) is 11.0 Å². The SMILES string of the molecule is CC(C)CN(c1ccc(C(C)CC(=O)O)cc1Nc1nc(C(F)(F)F)ns1)C1CCN(C(=O)OC(C)C)CC1. The lowest BCUT2D eigenvalue weighted by molar-refractivity contribution is -0.144. The van der Waals surface area contributed by atoms with Crippen LogP contribution in [0.15, 0.2) is 18.2 Å². The Morgan fingerprint density at radius 2 is 1.87 bits per heavy atom. The average Bonchev–Trinajstić information content (AvgIpc) is 3.31. The summed E-state index contributed by atoms with van der Waals surface area (Å²) in [5.74, 6) is -2.20. The summed E-state index contributed by atoms with van der Waals surface area (Å²) in [5.41, 5.74) is 2.03. The van der Waals surface area contributed by atoms with Crippen LogP contribution in [0, 0.1) is 5.92 Å². The fourth-order valence-corrected chi connectivity index (χ4v) is 5.17. The summed E-state index contributed by atoms with van der Waals surface area (Å²) < 4.78 is 48.2. The largest absolute Gasteiger partial charge is 0.481 e. The van der Waals surface area contributed by atoms with Crippen LogP contribution in [-0.4, -0.2) is 63.2 Å². The number of hydrogen-bond acceptors (Lipinski definition) is 8. The lowest BCUT2D eigenvalue weighted by Crippen LogP contribution is -2.48. The number of aliphatic carboxylic acids is 1. The van der Waals surface area contributed by atoms with Gasteiger partial charge < -0.3 is 25.0 Å². The number of nitrogens with zero attached hydrogens (tertiary/aromatic N) is 4. The van der Waals surface area contributed by atoms with Gasteiger partial charge in [0, 0.05) is 37.2 Å². The summed E-state index contributed by atoms with van der Waals surface area (Å²) in [6.45, 7) is 11.3. The summed E-state index contributed by atoms with van der Waals surface area (Å²) in [6.07, 6.45) is -3.92. The quantitative estimate of drug-likeness (QED) is 0.340. The molecule has 0 radical (unpaired) electrons. The molecule has 2 aromatic rings. The fraction of sp³-hybridized carbons (Fsp3) is 0.615. The van der Waals surface area contributed by atoms with E-state index < -0.39 is 18.0 Å². The minimum absolute atomic E-state index is 0.0117. The van der Waals surface area contributed by atoms with Crippen LogP contribution >= 0.6 is 11.5 Å². The highest BCUT2D eigenvalue weighted by molar-refractivity contribution is 7.09. The molecule has 2 N–H and O–H groups in total. The van der Waals surface area contributed by atoms with E-state index in [0.29, 0.717) is 49.7 Å². The molecule has 1 amide bonds. The maximum absolute atomic E-state index is 13.1. The van der Waals surface area contributed by atoms with E-state index in [1.165, 1.54) is 0 Å². The highest BCUT2D eigenvalue weighted by Gasteiger charge is 2.36. The van der Waals surface area contributed by atoms with Gasteiger partial charge in [0.25, 0.3) is 0 Å². The molecule has 1 aliphatic heterocycles. The first-order chi connectivity index (χ1) is 18.2. The smallest absolute Gasteiger partial charge is 0.452 e. The molecule has 2 heterocycles. The molecule has 216 valence electrons. The molecule has 9 nitrogen and oxygen atoms in total. The van der Waals surface area contributed by atoms with Gasteiger partial charge in [0.05, 0.1) is 23.9 Å². The molecule has 0 aliphatic carbocycles. The van der Waals surface area contributed by atoms with Gasteiger partial charge in [0.1, 0.15) is 0 Å². The number of amides is 1. The average molecular weight is 572 g/mol. The van der Waals surface area contributed by atoms with Crippen molar-refractivity contribution in [2.24, 2.45) is 5.92 Å². The third kappa shape index (κ3) is 8.45. The zero-order valence-corrected chi connectivity index (χ0v) is 23.6. The second-order valence-corrected chi connectivity index (χ2v) is 11.3. The molecule has 0 bridgehead atoms. The van der Waals surface area contributed by atoms with Crippen LogP contribution in [0.4, 0.5) is 34.5 Å². The monoisotopic (exact) mass is 571 g/mol. The Balaban J connectivity index is 1.94. The number of anilines is 3. The Morgan fingerprint density at radius 3 is 2.41 bits per heavy atom. The van der Waals surface area contributed by atoms with Gasteiger partial charge in [-0.2, -0.15) is 22.5 Å². The molecule has 1 aromatic carbocycles. The van der Waals surface area contributed by atoms with Crippen molar-refractivity contribution in [3.05, 3.63) is 29.6 Å². The number of alkyl halides is 3. The second kappa shape index (κ2) is 12.8. The zero-order chi connectivity index (χ0) is 28.9. The molecule has 3 rings (SSSR count). The summed E-state index contributed by atoms with van der Waals surface area (Å²) in [6, 6.07) is 5.58. The molecule has 39 heavy (non-hydrogen) atoms. The van der Waals surface area contributed by atoms with Crippen LogP contribution < -0.4 is 10.2 Å². The minimum Gasteiger partial charge on any atom is -0.481 e. The molecule has 1 atom stereocenters. The first kappa shape index (κ1) is 30.5. The van der Waals surface area contributed by atoms with Crippen molar-refractivity contribution in [2.45, 2.75) is 78.1 Å². The first-order valence-corrected chi connectivity index (χ1v) is 13.8. The third-order valence-corrected chi connectivity index (χ3v) is 6.99. The van der Waals surface area contributed by atoms with Crippen molar-refractivity contribution < 1.29 is 32.6 Å². The Labute approximate surface area is 230 Å². The van der Waals surface area contributed by atoms with Crippen molar-refractivity contribution in [3.8, 4) is 0 Å². The predicted octanol–water partition coefficient (Wildman–Crippen LogP) is 6.35. The number of halogens is 3. The number of aromatic nitrogens is 2. The fourth-order valence-electron chi connectivity index (χ4n) is 4.57. The Hall–Kier alpha value is -3.09. The number of benzene rings is 1. The van der Waals surface area contributed by atoms with E-state index in [1.807, 2.05) is 12.1 Å². The van der Waals surface area contributed by atoms with Gasteiger partial charge in [-0.05, 0) is 56.2 Å². The molecular weight excluding hydrogens is 535 g/mol. The summed E-state index contributed by atoms with van der Waals surface area (Å²) in [7, 11) is 0. The van der Waals surface area contributed by atoms with Crippen LogP contribution in [0.25, 0.3) is 0 Å². The van der Waals surface area contributed by atoms with Crippen LogP contribution in [0.2, 0.25) is 0 Å². The van der Waals surface area contributed by atoms with Crippen molar-refractivity contribution in [1.82, 2.24) is 14.3 Å². The lowest BCUT2D eigenvalue weighted by atomic mass is 9.95. The molecule has 0 spiro atoms. The number of nitrogens with one attached hydrogen (secondary N) is 1. The molecule has 1 aliphatic rings. The number of rotatable bonds is 10. The van der Waals surface area contributed by atoms with Crippen molar-refractivity contribution in [3.63, 3.8) is 0 Å². The topological polar surface area (TPSA) is 108 Å². The Bertz CT molecular complexity index is 1130. The van der Waals surface area contributed by atoms with E-state index in [9.17, 15) is 27.9 Å². The van der Waals surface area contributed by atoms with Crippen molar-refractivity contribution >= 4 is 40.1 Å². The van der Waals surface area contributed by atoms with E-state index in [1.54, 1.807) is 31.7 Å². The predicted molar refractivity (Wildman–Crippen MR) is 144 cm³/mol. The summed E-state index contributed by atoms with van der Waals surface area (Å²) in [5, 5.41) is 12.3. The molecule has 1 fully saturated rings. The third-order valence-electron chi connectivity index (χ3n) is 6.36. The van der Waals surface area contributed by atoms with Crippen LogP contribution in [0.3, 0.4) is 0 Å². The van der Waals surface area contributed by atoms with Crippen LogP contribution in [0.5, 0.6) is 0 Å². The maximum Gasteiger partial charge on any atom is 0.452 e. The van der Waals surface area contributed by atoms with Crippen molar-refractivity contribution in [1.29, 1.82) is 0 Å². The summed E-state index contributed by atoms with van der Waals surface area (Å²) in [4.78, 5) is 31.2. The molecule has 13 heteroatoms. The highest BCUT2D eigenvalue weighted by atomic mass is 32.1. The number of piperidine rings is 1. The molecule has 1 aromatic heterocycles. The number of carboxylic acids is 1. The highest BCUT2D eigenvalue weighted by Crippen LogP contribution is 2.37. The van der Waals surface area contributed by atoms with E-state index >= 15 is 0 Å². The number of hydrogen-bond donors (Lipinski definition) is 2. The number of ether oxygens (including phenoxy) is 1. The molecule has 0 saturated carbocycles. The van der Waals surface area contributed by atoms with Gasteiger partial charge in [-0.1, -0.05) is 26.8 Å². The zero-order valence-electron chi connectivity index (χ0n) is 22.8. The molecule has 1 unspecified atom stereocenters. The standard InChI is InChI=1S/C26H36F3N5O4S/c1-15(2)14-34(19-8-10-33(11-9-19)25(37)38-16(3)4)21-7-6-18(17(5)12-22(35)36)13-20(21)30-24-31-23(32-39-24)26(27,28)29/h6-7,13,15-17,19H,8-12,14H2,1-5H3,(H,35,36)(H,30,31,32). The normalized spacial score (nSPS) is 15.5. The molecular formula is C26H36F3N5O4S. The van der Waals surface area contributed by atoms with E-state index in [4.69, 9.17) is 4.74 Å². The summed E-state index contributed by atoms with van der Waals surface area (Å²) >= 11 is 0.611. The van der Waals surface area contributed by atoms with Gasteiger partial charge in [-0.15, -0.1) is 0 Å². The van der Waals surface area contributed by atoms with Crippen LogP contribution in [-0.2, 0) is 15.7 Å². The van der Waals surface area contributed by atoms with E-state index in [-0.39, 0.29) is 41.6 Å². The Kier molecular flexibility index (Phi) is 10.0. The molecule has 1 saturated heterocycles. The van der Waals surface area contributed by atoms with Crippen molar-refractivity contribution in [2.75, 3.05) is 29.9 Å². The van der Waals surface area contributed by atoms with Crippen LogP contribution in [0.1, 0.15) is 71.2 Å². The van der Waals surface area contributed by atoms with Gasteiger partial charge in [-0.25, -0.2) is 4.79 Å². The number of likely N-dealkylation sites (tertiary alicyclic amines) is 1. The van der Waals surface area contributed by atoms with E-state index in [0.717, 1.165) is 11.3 Å². The number of carbonyl (C=O) groups excluding carboxylic acids is 1. The second-order valence-electron chi connectivity index (χ2n) is 10.5. The van der Waals surface area contributed by atoms with Gasteiger partial charge >= 0.3 is 18.2 Å². The van der Waals surface area contributed by atoms with E-state index in [2.05, 4.69) is 33.4 Å². The minimum atomic E-state index is -4.66. The van der Waals surface area contributed by atoms with Gasteiger partial charge in [0.15, 0.2) is 0 Å². The number of carbonyl (C=O) groups is 2. The first-order valence-electron chi connectivity index (χ1n) is 13.0. The van der Waals surface area contributed by atoms with Gasteiger partial charge in [-0.3, -0.25) is 4.79 Å².